The highest BCUT2D eigenvalue weighted by Gasteiger charge is 2.04. The second kappa shape index (κ2) is 8.68. The molecule has 0 aromatic heterocycles. The van der Waals surface area contributed by atoms with E-state index in [0.717, 1.165) is 26.1 Å². The van der Waals surface area contributed by atoms with Gasteiger partial charge in [-0.1, -0.05) is 13.3 Å². The normalized spacial score (nSPS) is 11.1. The molecular weight excluding hydrogens is 190 g/mol. The number of carbonyl (C=O) groups excluding carboxylic acids is 1. The first-order valence-electron chi connectivity index (χ1n) is 5.66. The van der Waals surface area contributed by atoms with Gasteiger partial charge in [0.25, 0.3) is 0 Å². The third-order valence-corrected chi connectivity index (χ3v) is 2.19. The van der Waals surface area contributed by atoms with Crippen LogP contribution in [-0.2, 0) is 4.79 Å². The van der Waals surface area contributed by atoms with E-state index in [9.17, 15) is 4.79 Å². The Morgan fingerprint density at radius 1 is 1.20 bits per heavy atom. The summed E-state index contributed by atoms with van der Waals surface area (Å²) in [5.41, 5.74) is 0. The van der Waals surface area contributed by atoms with E-state index in [0.29, 0.717) is 6.54 Å². The van der Waals surface area contributed by atoms with Gasteiger partial charge >= 0.3 is 0 Å². The van der Waals surface area contributed by atoms with Gasteiger partial charge in [0.1, 0.15) is 0 Å². The topological polar surface area (TPSA) is 35.6 Å². The Kier molecular flexibility index (Phi) is 8.33. The molecular formula is C11H25N3O. The van der Waals surface area contributed by atoms with Crippen molar-refractivity contribution >= 4 is 5.91 Å². The monoisotopic (exact) mass is 215 g/mol. The fourth-order valence-electron chi connectivity index (χ4n) is 1.23. The van der Waals surface area contributed by atoms with E-state index >= 15 is 0 Å². The molecule has 4 nitrogen and oxygen atoms in total. The molecule has 0 spiro atoms. The number of nitrogens with zero attached hydrogens (tertiary/aromatic N) is 2. The van der Waals surface area contributed by atoms with E-state index in [1.54, 1.807) is 0 Å². The Hall–Kier alpha value is -0.610. The molecule has 90 valence electrons. The second-order valence-electron chi connectivity index (χ2n) is 4.24. The molecule has 1 amide bonds. The van der Waals surface area contributed by atoms with Crippen LogP contribution in [-0.4, -0.2) is 63.0 Å². The predicted molar refractivity (Wildman–Crippen MR) is 64.0 cm³/mol. The molecule has 0 aliphatic rings. The number of hydrogen-bond donors (Lipinski definition) is 1. The molecule has 0 aromatic carbocycles. The van der Waals surface area contributed by atoms with Crippen molar-refractivity contribution in [3.63, 3.8) is 0 Å². The van der Waals surface area contributed by atoms with Crippen LogP contribution in [0.15, 0.2) is 0 Å². The first-order valence-corrected chi connectivity index (χ1v) is 5.66. The number of unbranched alkanes of at least 4 members (excludes halogenated alkanes) is 1. The first-order chi connectivity index (χ1) is 7.06. The van der Waals surface area contributed by atoms with Crippen molar-refractivity contribution in [3.8, 4) is 0 Å². The molecule has 0 bridgehead atoms. The van der Waals surface area contributed by atoms with Crippen LogP contribution in [0.4, 0.5) is 0 Å². The molecule has 1 N–H and O–H groups in total. The van der Waals surface area contributed by atoms with Crippen LogP contribution in [0.25, 0.3) is 0 Å². The quantitative estimate of drug-likeness (QED) is 0.636. The standard InChI is InChI=1S/C11H25N3O/c1-5-6-8-14(4)10-11(15)12-7-9-13(2)3/h5-10H2,1-4H3,(H,12,15). The second-order valence-corrected chi connectivity index (χ2v) is 4.24. The van der Waals surface area contributed by atoms with E-state index in [1.165, 1.54) is 6.42 Å². The molecule has 4 heteroatoms. The van der Waals surface area contributed by atoms with Crippen LogP contribution in [0.5, 0.6) is 0 Å². The maximum absolute atomic E-state index is 11.4. The third kappa shape index (κ3) is 9.69. The summed E-state index contributed by atoms with van der Waals surface area (Å²) in [5.74, 6) is 0.121. The lowest BCUT2D eigenvalue weighted by molar-refractivity contribution is -0.122. The molecule has 15 heavy (non-hydrogen) atoms. The summed E-state index contributed by atoms with van der Waals surface area (Å²) in [4.78, 5) is 15.5. The van der Waals surface area contributed by atoms with Gasteiger partial charge in [0, 0.05) is 13.1 Å². The molecule has 0 rings (SSSR count). The van der Waals surface area contributed by atoms with Crippen molar-refractivity contribution in [2.75, 3.05) is 47.3 Å². The first kappa shape index (κ1) is 14.4. The minimum Gasteiger partial charge on any atom is -0.354 e. The van der Waals surface area contributed by atoms with Gasteiger partial charge in [0.05, 0.1) is 6.54 Å². The zero-order chi connectivity index (χ0) is 11.7. The fraction of sp³-hybridized carbons (Fsp3) is 0.909. The van der Waals surface area contributed by atoms with Gasteiger partial charge in [0.15, 0.2) is 0 Å². The Labute approximate surface area is 93.6 Å². The lowest BCUT2D eigenvalue weighted by atomic mass is 10.3. The Morgan fingerprint density at radius 3 is 2.40 bits per heavy atom. The van der Waals surface area contributed by atoms with Crippen LogP contribution in [0, 0.1) is 0 Å². The van der Waals surface area contributed by atoms with Gasteiger partial charge in [-0.05, 0) is 34.1 Å². The van der Waals surface area contributed by atoms with Crippen molar-refractivity contribution in [3.05, 3.63) is 0 Å². The SMILES string of the molecule is CCCCN(C)CC(=O)NCCN(C)C. The Balaban J connectivity index is 3.46. The molecule has 0 aliphatic heterocycles. The van der Waals surface area contributed by atoms with Gasteiger partial charge in [-0.3, -0.25) is 9.69 Å². The van der Waals surface area contributed by atoms with Crippen LogP contribution >= 0.6 is 0 Å². The van der Waals surface area contributed by atoms with E-state index in [2.05, 4.69) is 22.0 Å². The molecule has 0 radical (unpaired) electrons. The Bertz CT molecular complexity index is 171. The van der Waals surface area contributed by atoms with Crippen molar-refractivity contribution in [1.82, 2.24) is 15.1 Å². The number of hydrogen-bond acceptors (Lipinski definition) is 3. The van der Waals surface area contributed by atoms with Crippen LogP contribution < -0.4 is 5.32 Å². The van der Waals surface area contributed by atoms with E-state index < -0.39 is 0 Å². The summed E-state index contributed by atoms with van der Waals surface area (Å²) in [6.45, 7) is 5.29. The zero-order valence-corrected chi connectivity index (χ0v) is 10.5. The number of likely N-dealkylation sites (N-methyl/N-ethyl adjacent to an activating group) is 2. The average Bonchev–Trinajstić information content (AvgIpc) is 2.14. The molecule has 0 heterocycles. The molecule has 0 aliphatic carbocycles. The minimum absolute atomic E-state index is 0.121. The molecule has 0 atom stereocenters. The maximum Gasteiger partial charge on any atom is 0.234 e. The van der Waals surface area contributed by atoms with Crippen LogP contribution in [0.2, 0.25) is 0 Å². The lowest BCUT2D eigenvalue weighted by Gasteiger charge is -2.16. The van der Waals surface area contributed by atoms with Gasteiger partial charge in [-0.15, -0.1) is 0 Å². The minimum atomic E-state index is 0.121. The molecule has 0 saturated heterocycles. The zero-order valence-electron chi connectivity index (χ0n) is 10.5. The van der Waals surface area contributed by atoms with Gasteiger partial charge in [-0.2, -0.15) is 0 Å². The fourth-order valence-corrected chi connectivity index (χ4v) is 1.23. The molecule has 0 fully saturated rings. The Morgan fingerprint density at radius 2 is 1.87 bits per heavy atom. The predicted octanol–water partition coefficient (Wildman–Crippen LogP) is 0.396. The molecule has 0 aromatic rings. The van der Waals surface area contributed by atoms with Crippen LogP contribution in [0.1, 0.15) is 19.8 Å². The summed E-state index contributed by atoms with van der Waals surface area (Å²) in [6.07, 6.45) is 2.33. The van der Waals surface area contributed by atoms with E-state index in [4.69, 9.17) is 0 Å². The summed E-state index contributed by atoms with van der Waals surface area (Å²) >= 11 is 0. The van der Waals surface area contributed by atoms with Crippen molar-refractivity contribution in [1.29, 1.82) is 0 Å². The maximum atomic E-state index is 11.4. The summed E-state index contributed by atoms with van der Waals surface area (Å²) in [7, 11) is 5.99. The van der Waals surface area contributed by atoms with Gasteiger partial charge in [-0.25, -0.2) is 0 Å². The van der Waals surface area contributed by atoms with Crippen molar-refractivity contribution < 1.29 is 4.79 Å². The number of amides is 1. The highest BCUT2D eigenvalue weighted by Crippen LogP contribution is 1.90. The summed E-state index contributed by atoms with van der Waals surface area (Å²) in [6, 6.07) is 0. The smallest absolute Gasteiger partial charge is 0.234 e. The third-order valence-electron chi connectivity index (χ3n) is 2.19. The van der Waals surface area contributed by atoms with Crippen molar-refractivity contribution in [2.24, 2.45) is 0 Å². The average molecular weight is 215 g/mol. The van der Waals surface area contributed by atoms with E-state index in [1.807, 2.05) is 21.1 Å². The highest BCUT2D eigenvalue weighted by molar-refractivity contribution is 5.77. The number of carbonyl (C=O) groups is 1. The molecule has 0 unspecified atom stereocenters. The molecule has 0 saturated carbocycles. The van der Waals surface area contributed by atoms with Gasteiger partial charge < -0.3 is 10.2 Å². The van der Waals surface area contributed by atoms with Gasteiger partial charge in [0.2, 0.25) is 5.91 Å². The largest absolute Gasteiger partial charge is 0.354 e. The highest BCUT2D eigenvalue weighted by atomic mass is 16.2. The van der Waals surface area contributed by atoms with Crippen molar-refractivity contribution in [2.45, 2.75) is 19.8 Å². The van der Waals surface area contributed by atoms with Crippen LogP contribution in [0.3, 0.4) is 0 Å². The number of nitrogens with one attached hydrogen (secondary N) is 1. The summed E-state index contributed by atoms with van der Waals surface area (Å²) in [5, 5.41) is 2.90. The van der Waals surface area contributed by atoms with E-state index in [-0.39, 0.29) is 5.91 Å². The number of rotatable bonds is 8. The summed E-state index contributed by atoms with van der Waals surface area (Å²) < 4.78 is 0. The lowest BCUT2D eigenvalue weighted by Crippen LogP contribution is -2.38.